The Hall–Kier alpha value is -2.47. The molecule has 1 saturated carbocycles. The molecule has 2 aliphatic rings. The fourth-order valence-electron chi connectivity index (χ4n) is 3.96. The van der Waals surface area contributed by atoms with E-state index >= 15 is 0 Å². The molecule has 1 aromatic carbocycles. The van der Waals surface area contributed by atoms with Crippen LogP contribution in [0.5, 0.6) is 0 Å². The molecule has 0 amide bonds. The van der Waals surface area contributed by atoms with E-state index in [1.165, 1.54) is 21.0 Å². The van der Waals surface area contributed by atoms with Crippen LogP contribution in [-0.4, -0.2) is 20.5 Å². The van der Waals surface area contributed by atoms with Crippen molar-refractivity contribution in [1.82, 2.24) is 14.8 Å². The molecule has 0 radical (unpaired) electrons. The molecule has 5 nitrogen and oxygen atoms in total. The highest BCUT2D eigenvalue weighted by molar-refractivity contribution is 7.15. The van der Waals surface area contributed by atoms with Crippen molar-refractivity contribution in [2.24, 2.45) is 10.9 Å². The molecule has 1 aliphatic heterocycles. The molecule has 3 aromatic rings. The molecular formula is C20H21N5S. The van der Waals surface area contributed by atoms with Crippen molar-refractivity contribution in [3.8, 4) is 5.00 Å². The maximum absolute atomic E-state index is 5.92. The number of nitrogens with two attached hydrogens (primary N) is 1. The van der Waals surface area contributed by atoms with Gasteiger partial charge in [-0.3, -0.25) is 9.56 Å². The number of hydrogen-bond acceptors (Lipinski definition) is 5. The highest BCUT2D eigenvalue weighted by Gasteiger charge is 2.58. The Morgan fingerprint density at radius 2 is 1.85 bits per heavy atom. The minimum Gasteiger partial charge on any atom is -0.399 e. The average molecular weight is 363 g/mol. The maximum Gasteiger partial charge on any atom is 0.166 e. The number of aliphatic imine (C=N–C) groups is 1. The number of benzene rings is 1. The number of anilines is 1. The van der Waals surface area contributed by atoms with Crippen LogP contribution in [0.15, 0.2) is 29.3 Å². The molecule has 26 heavy (non-hydrogen) atoms. The lowest BCUT2D eigenvalue weighted by Crippen LogP contribution is -2.14. The van der Waals surface area contributed by atoms with E-state index in [9.17, 15) is 0 Å². The first kappa shape index (κ1) is 15.8. The summed E-state index contributed by atoms with van der Waals surface area (Å²) in [5, 5.41) is 10.1. The molecular weight excluding hydrogens is 342 g/mol. The van der Waals surface area contributed by atoms with Crippen LogP contribution in [-0.2, 0) is 5.54 Å². The van der Waals surface area contributed by atoms with Crippen molar-refractivity contribution in [3.63, 3.8) is 0 Å². The van der Waals surface area contributed by atoms with Gasteiger partial charge < -0.3 is 5.73 Å². The van der Waals surface area contributed by atoms with E-state index in [0.717, 1.165) is 35.0 Å². The van der Waals surface area contributed by atoms with Crippen LogP contribution in [0.4, 0.5) is 5.69 Å². The highest BCUT2D eigenvalue weighted by atomic mass is 32.1. The number of hydrogen-bond donors (Lipinski definition) is 1. The Labute approximate surface area is 156 Å². The van der Waals surface area contributed by atoms with Gasteiger partial charge in [0.15, 0.2) is 5.82 Å². The largest absolute Gasteiger partial charge is 0.399 e. The molecule has 0 unspecified atom stereocenters. The summed E-state index contributed by atoms with van der Waals surface area (Å²) in [5.41, 5.74) is 11.1. The number of thiophene rings is 1. The predicted octanol–water partition coefficient (Wildman–Crippen LogP) is 3.92. The van der Waals surface area contributed by atoms with Crippen LogP contribution in [0.25, 0.3) is 5.00 Å². The molecule has 1 fully saturated rings. The Bertz CT molecular complexity index is 1070. The number of fused-ring (bicyclic) bond motifs is 4. The van der Waals surface area contributed by atoms with Gasteiger partial charge in [-0.05, 0) is 50.8 Å². The summed E-state index contributed by atoms with van der Waals surface area (Å²) in [6, 6.07) is 8.05. The molecule has 5 rings (SSSR count). The first-order chi connectivity index (χ1) is 12.4. The van der Waals surface area contributed by atoms with Crippen molar-refractivity contribution in [2.45, 2.75) is 39.7 Å². The molecule has 2 atom stereocenters. The summed E-state index contributed by atoms with van der Waals surface area (Å²) >= 11 is 1.80. The van der Waals surface area contributed by atoms with Gasteiger partial charge in [-0.25, -0.2) is 0 Å². The van der Waals surface area contributed by atoms with Crippen molar-refractivity contribution in [1.29, 1.82) is 0 Å². The van der Waals surface area contributed by atoms with Crippen LogP contribution in [0, 0.1) is 26.7 Å². The minimum absolute atomic E-state index is 0.267. The average Bonchev–Trinajstić information content (AvgIpc) is 2.98. The SMILES string of the molecule is Cc1sc2c(c1C)C(c1ccc(N)cc1)=N[C@]1(C[C@H]1C)c1nnc(C)n1-2. The van der Waals surface area contributed by atoms with Gasteiger partial charge in [-0.15, -0.1) is 21.5 Å². The molecule has 1 aliphatic carbocycles. The third-order valence-electron chi connectivity index (χ3n) is 5.79. The summed E-state index contributed by atoms with van der Waals surface area (Å²) in [5.74, 6) is 2.37. The van der Waals surface area contributed by atoms with Gasteiger partial charge in [-0.2, -0.15) is 0 Å². The highest BCUT2D eigenvalue weighted by Crippen LogP contribution is 2.57. The number of nitrogen functional groups attached to an aromatic ring is 1. The molecule has 2 N–H and O–H groups in total. The van der Waals surface area contributed by atoms with E-state index in [1.54, 1.807) is 11.3 Å². The Balaban J connectivity index is 1.87. The second-order valence-electron chi connectivity index (χ2n) is 7.48. The normalized spacial score (nSPS) is 23.4. The van der Waals surface area contributed by atoms with Crippen LogP contribution in [0.2, 0.25) is 0 Å². The van der Waals surface area contributed by atoms with Crippen LogP contribution < -0.4 is 5.73 Å². The topological polar surface area (TPSA) is 69.1 Å². The quantitative estimate of drug-likeness (QED) is 0.666. The molecule has 1 spiro atoms. The number of rotatable bonds is 1. The fourth-order valence-corrected chi connectivity index (χ4v) is 5.17. The third kappa shape index (κ3) is 1.93. The zero-order valence-electron chi connectivity index (χ0n) is 15.4. The zero-order valence-corrected chi connectivity index (χ0v) is 16.2. The molecule has 132 valence electrons. The Kier molecular flexibility index (Phi) is 3.05. The molecule has 6 heteroatoms. The fraction of sp³-hybridized carbons (Fsp3) is 0.350. The second kappa shape index (κ2) is 5.04. The standard InChI is InChI=1S/C20H21N5S/c1-10-9-20(10)19-24-23-13(4)25(19)18-16(11(2)12(3)26-18)17(22-20)14-5-7-15(21)8-6-14/h5-8,10H,9,21H2,1-4H3/t10-,20+/m1/s1. The van der Waals surface area contributed by atoms with Crippen molar-refractivity contribution in [3.05, 3.63) is 57.5 Å². The van der Waals surface area contributed by atoms with Gasteiger partial charge in [0.2, 0.25) is 0 Å². The van der Waals surface area contributed by atoms with Crippen LogP contribution in [0.3, 0.4) is 0 Å². The van der Waals surface area contributed by atoms with Crippen molar-refractivity contribution in [2.75, 3.05) is 5.73 Å². The van der Waals surface area contributed by atoms with E-state index in [0.29, 0.717) is 5.92 Å². The van der Waals surface area contributed by atoms with Crippen LogP contribution >= 0.6 is 11.3 Å². The summed E-state index contributed by atoms with van der Waals surface area (Å²) < 4.78 is 2.23. The minimum atomic E-state index is -0.267. The van der Waals surface area contributed by atoms with Gasteiger partial charge in [-0.1, -0.05) is 19.1 Å². The molecule has 2 aromatic heterocycles. The van der Waals surface area contributed by atoms with Gasteiger partial charge in [0, 0.05) is 21.7 Å². The van der Waals surface area contributed by atoms with Gasteiger partial charge in [0.05, 0.1) is 5.71 Å². The lowest BCUT2D eigenvalue weighted by molar-refractivity contribution is 0.607. The Morgan fingerprint density at radius 1 is 1.15 bits per heavy atom. The van der Waals surface area contributed by atoms with Gasteiger partial charge >= 0.3 is 0 Å². The van der Waals surface area contributed by atoms with Crippen molar-refractivity contribution >= 4 is 22.7 Å². The van der Waals surface area contributed by atoms with E-state index < -0.39 is 0 Å². The van der Waals surface area contributed by atoms with Crippen molar-refractivity contribution < 1.29 is 0 Å². The lowest BCUT2D eigenvalue weighted by Gasteiger charge is -2.12. The van der Waals surface area contributed by atoms with Gasteiger partial charge in [0.25, 0.3) is 0 Å². The second-order valence-corrected chi connectivity index (χ2v) is 8.68. The van der Waals surface area contributed by atoms with Crippen LogP contribution in [0.1, 0.15) is 46.6 Å². The van der Waals surface area contributed by atoms with E-state index in [1.807, 2.05) is 19.1 Å². The predicted molar refractivity (Wildman–Crippen MR) is 105 cm³/mol. The van der Waals surface area contributed by atoms with E-state index in [-0.39, 0.29) is 5.54 Å². The third-order valence-corrected chi connectivity index (χ3v) is 6.98. The van der Waals surface area contributed by atoms with E-state index in [4.69, 9.17) is 10.7 Å². The first-order valence-electron chi connectivity index (χ1n) is 8.91. The lowest BCUT2D eigenvalue weighted by atomic mass is 9.99. The zero-order chi connectivity index (χ0) is 18.2. The maximum atomic E-state index is 5.92. The number of aromatic nitrogens is 3. The Morgan fingerprint density at radius 3 is 2.50 bits per heavy atom. The summed E-state index contributed by atoms with van der Waals surface area (Å²) in [6.45, 7) is 8.63. The summed E-state index contributed by atoms with van der Waals surface area (Å²) in [4.78, 5) is 6.63. The monoisotopic (exact) mass is 363 g/mol. The summed E-state index contributed by atoms with van der Waals surface area (Å²) in [7, 11) is 0. The van der Waals surface area contributed by atoms with E-state index in [2.05, 4.69) is 47.7 Å². The summed E-state index contributed by atoms with van der Waals surface area (Å²) in [6.07, 6.45) is 1.01. The smallest absolute Gasteiger partial charge is 0.166 e. The number of aryl methyl sites for hydroxylation is 2. The molecule has 3 heterocycles. The first-order valence-corrected chi connectivity index (χ1v) is 9.73. The number of nitrogens with zero attached hydrogens (tertiary/aromatic N) is 4. The molecule has 0 saturated heterocycles. The van der Waals surface area contributed by atoms with Gasteiger partial charge in [0.1, 0.15) is 16.4 Å². The molecule has 0 bridgehead atoms.